The molecule has 2 heterocycles. The number of fused-ring (bicyclic) bond motifs is 1. The minimum absolute atomic E-state index is 0.198. The SMILES string of the molecule is C[C@H](Nc1nccn2ncc(Br)c12)c1ccccc1F. The number of hydrogen-bond donors (Lipinski definition) is 1. The van der Waals surface area contributed by atoms with Crippen LogP contribution in [0.5, 0.6) is 0 Å². The molecule has 0 amide bonds. The molecule has 0 radical (unpaired) electrons. The molecular weight excluding hydrogens is 323 g/mol. The Labute approximate surface area is 123 Å². The summed E-state index contributed by atoms with van der Waals surface area (Å²) in [5.74, 6) is 0.430. The third kappa shape index (κ3) is 2.27. The van der Waals surface area contributed by atoms with Gasteiger partial charge in [-0.2, -0.15) is 5.10 Å². The van der Waals surface area contributed by atoms with Crippen LogP contribution in [0, 0.1) is 5.82 Å². The summed E-state index contributed by atoms with van der Waals surface area (Å²) in [5.41, 5.74) is 1.43. The van der Waals surface area contributed by atoms with Gasteiger partial charge in [0.05, 0.1) is 16.7 Å². The Kier molecular flexibility index (Phi) is 3.40. The fourth-order valence-electron chi connectivity index (χ4n) is 2.12. The van der Waals surface area contributed by atoms with E-state index in [4.69, 9.17) is 0 Å². The first-order chi connectivity index (χ1) is 9.66. The average molecular weight is 335 g/mol. The van der Waals surface area contributed by atoms with Gasteiger partial charge in [-0.15, -0.1) is 0 Å². The van der Waals surface area contributed by atoms with Crippen LogP contribution in [0.1, 0.15) is 18.5 Å². The predicted octanol–water partition coefficient (Wildman–Crippen LogP) is 3.80. The third-order valence-electron chi connectivity index (χ3n) is 3.11. The molecule has 0 fully saturated rings. The summed E-state index contributed by atoms with van der Waals surface area (Å²) in [6.07, 6.45) is 5.12. The molecule has 0 saturated carbocycles. The first-order valence-corrected chi connectivity index (χ1v) is 6.95. The second kappa shape index (κ2) is 5.20. The Morgan fingerprint density at radius 2 is 2.15 bits per heavy atom. The zero-order chi connectivity index (χ0) is 14.1. The standard InChI is InChI=1S/C14H12BrFN4/c1-9(10-4-2-3-5-12(10)16)19-14-13-11(15)8-18-20(13)7-6-17-14/h2-9H,1H3,(H,17,19)/t9-/m0/s1. The summed E-state index contributed by atoms with van der Waals surface area (Å²) in [4.78, 5) is 4.31. The van der Waals surface area contributed by atoms with Gasteiger partial charge in [-0.25, -0.2) is 13.9 Å². The first-order valence-electron chi connectivity index (χ1n) is 6.15. The van der Waals surface area contributed by atoms with Crippen LogP contribution in [0.25, 0.3) is 5.52 Å². The molecule has 4 nitrogen and oxygen atoms in total. The molecule has 102 valence electrons. The van der Waals surface area contributed by atoms with Gasteiger partial charge in [0.2, 0.25) is 0 Å². The van der Waals surface area contributed by atoms with E-state index in [-0.39, 0.29) is 11.9 Å². The van der Waals surface area contributed by atoms with E-state index < -0.39 is 0 Å². The van der Waals surface area contributed by atoms with Crippen molar-refractivity contribution in [1.82, 2.24) is 14.6 Å². The van der Waals surface area contributed by atoms with E-state index in [0.717, 1.165) is 9.99 Å². The number of aromatic nitrogens is 3. The Morgan fingerprint density at radius 3 is 2.95 bits per heavy atom. The third-order valence-corrected chi connectivity index (χ3v) is 3.69. The summed E-state index contributed by atoms with van der Waals surface area (Å²) in [6, 6.07) is 6.52. The van der Waals surface area contributed by atoms with Crippen LogP contribution < -0.4 is 5.32 Å². The largest absolute Gasteiger partial charge is 0.362 e. The van der Waals surface area contributed by atoms with Crippen LogP contribution in [0.15, 0.2) is 47.3 Å². The number of nitrogens with one attached hydrogen (secondary N) is 1. The van der Waals surface area contributed by atoms with Crippen LogP contribution >= 0.6 is 15.9 Å². The van der Waals surface area contributed by atoms with Crippen molar-refractivity contribution in [3.63, 3.8) is 0 Å². The highest BCUT2D eigenvalue weighted by atomic mass is 79.9. The van der Waals surface area contributed by atoms with Crippen molar-refractivity contribution in [3.8, 4) is 0 Å². The Morgan fingerprint density at radius 1 is 1.35 bits per heavy atom. The lowest BCUT2D eigenvalue weighted by Crippen LogP contribution is -2.10. The highest BCUT2D eigenvalue weighted by molar-refractivity contribution is 9.10. The van der Waals surface area contributed by atoms with Crippen molar-refractivity contribution in [1.29, 1.82) is 0 Å². The van der Waals surface area contributed by atoms with Crippen molar-refractivity contribution in [2.24, 2.45) is 0 Å². The molecule has 0 unspecified atom stereocenters. The van der Waals surface area contributed by atoms with Gasteiger partial charge in [0.25, 0.3) is 0 Å². The molecule has 6 heteroatoms. The maximum absolute atomic E-state index is 13.8. The topological polar surface area (TPSA) is 42.2 Å². The predicted molar refractivity (Wildman–Crippen MR) is 79.1 cm³/mol. The Hall–Kier alpha value is -1.95. The Balaban J connectivity index is 1.97. The number of anilines is 1. The maximum Gasteiger partial charge on any atom is 0.153 e. The molecule has 3 rings (SSSR count). The molecule has 1 aromatic carbocycles. The second-order valence-electron chi connectivity index (χ2n) is 4.45. The maximum atomic E-state index is 13.8. The molecule has 0 bridgehead atoms. The fourth-order valence-corrected chi connectivity index (χ4v) is 2.58. The molecule has 3 aromatic rings. The van der Waals surface area contributed by atoms with Gasteiger partial charge in [0.15, 0.2) is 5.82 Å². The van der Waals surface area contributed by atoms with E-state index in [0.29, 0.717) is 11.4 Å². The minimum atomic E-state index is -0.230. The first kappa shape index (κ1) is 13.1. The van der Waals surface area contributed by atoms with Gasteiger partial charge < -0.3 is 5.32 Å². The van der Waals surface area contributed by atoms with E-state index in [1.165, 1.54) is 6.07 Å². The van der Waals surface area contributed by atoms with Gasteiger partial charge in [0, 0.05) is 18.0 Å². The molecule has 0 aliphatic heterocycles. The second-order valence-corrected chi connectivity index (χ2v) is 5.30. The summed E-state index contributed by atoms with van der Waals surface area (Å²) in [5, 5.41) is 7.42. The molecule has 2 aromatic heterocycles. The molecule has 20 heavy (non-hydrogen) atoms. The lowest BCUT2D eigenvalue weighted by molar-refractivity contribution is 0.600. The molecule has 0 aliphatic carbocycles. The number of rotatable bonds is 3. The molecule has 1 atom stereocenters. The van der Waals surface area contributed by atoms with Crippen molar-refractivity contribution in [2.45, 2.75) is 13.0 Å². The summed E-state index contributed by atoms with van der Waals surface area (Å²) in [7, 11) is 0. The molecule has 0 aliphatic rings. The molecular formula is C14H12BrFN4. The normalized spacial score (nSPS) is 12.6. The highest BCUT2D eigenvalue weighted by Crippen LogP contribution is 2.27. The van der Waals surface area contributed by atoms with Crippen LogP contribution in [-0.4, -0.2) is 14.6 Å². The van der Waals surface area contributed by atoms with E-state index in [9.17, 15) is 4.39 Å². The van der Waals surface area contributed by atoms with Crippen LogP contribution in [0.3, 0.4) is 0 Å². The number of hydrogen-bond acceptors (Lipinski definition) is 3. The average Bonchev–Trinajstić information content (AvgIpc) is 2.82. The Bertz CT molecular complexity index is 756. The van der Waals surface area contributed by atoms with Crippen molar-refractivity contribution in [3.05, 3.63) is 58.7 Å². The summed E-state index contributed by atoms with van der Waals surface area (Å²) in [6.45, 7) is 1.90. The number of benzene rings is 1. The monoisotopic (exact) mass is 334 g/mol. The van der Waals surface area contributed by atoms with E-state index in [1.54, 1.807) is 35.2 Å². The van der Waals surface area contributed by atoms with E-state index in [2.05, 4.69) is 31.3 Å². The van der Waals surface area contributed by atoms with Crippen LogP contribution in [-0.2, 0) is 0 Å². The lowest BCUT2D eigenvalue weighted by atomic mass is 10.1. The lowest BCUT2D eigenvalue weighted by Gasteiger charge is -2.16. The van der Waals surface area contributed by atoms with Gasteiger partial charge in [-0.05, 0) is 28.9 Å². The zero-order valence-corrected chi connectivity index (χ0v) is 12.3. The van der Waals surface area contributed by atoms with E-state index >= 15 is 0 Å². The van der Waals surface area contributed by atoms with Gasteiger partial charge >= 0.3 is 0 Å². The summed E-state index contributed by atoms with van der Waals surface area (Å²) < 4.78 is 16.3. The fraction of sp³-hybridized carbons (Fsp3) is 0.143. The zero-order valence-electron chi connectivity index (χ0n) is 10.7. The quantitative estimate of drug-likeness (QED) is 0.792. The molecule has 1 N–H and O–H groups in total. The summed E-state index contributed by atoms with van der Waals surface area (Å²) >= 11 is 3.44. The van der Waals surface area contributed by atoms with E-state index in [1.807, 2.05) is 13.0 Å². The number of nitrogens with zero attached hydrogens (tertiary/aromatic N) is 3. The van der Waals surface area contributed by atoms with Crippen LogP contribution in [0.2, 0.25) is 0 Å². The minimum Gasteiger partial charge on any atom is -0.362 e. The van der Waals surface area contributed by atoms with Gasteiger partial charge in [-0.3, -0.25) is 0 Å². The van der Waals surface area contributed by atoms with Gasteiger partial charge in [0.1, 0.15) is 11.3 Å². The molecule has 0 saturated heterocycles. The molecule has 0 spiro atoms. The van der Waals surface area contributed by atoms with Crippen LogP contribution in [0.4, 0.5) is 10.2 Å². The smallest absolute Gasteiger partial charge is 0.153 e. The van der Waals surface area contributed by atoms with Gasteiger partial charge in [-0.1, -0.05) is 18.2 Å². The van der Waals surface area contributed by atoms with Crippen molar-refractivity contribution in [2.75, 3.05) is 5.32 Å². The number of halogens is 2. The van der Waals surface area contributed by atoms with Crippen molar-refractivity contribution >= 4 is 27.3 Å². The highest BCUT2D eigenvalue weighted by Gasteiger charge is 2.14. The van der Waals surface area contributed by atoms with Crippen molar-refractivity contribution < 1.29 is 4.39 Å².